The van der Waals surface area contributed by atoms with Gasteiger partial charge in [0.25, 0.3) is 10.0 Å². The molecule has 2 rings (SSSR count). The number of hydrogen-bond donors (Lipinski definition) is 2. The number of nitrogens with one attached hydrogen (secondary N) is 1. The first kappa shape index (κ1) is 16.4. The highest BCUT2D eigenvalue weighted by atomic mass is 79.9. The van der Waals surface area contributed by atoms with Gasteiger partial charge in [-0.1, -0.05) is 6.07 Å². The third-order valence-electron chi connectivity index (χ3n) is 2.84. The lowest BCUT2D eigenvalue weighted by molar-refractivity contribution is 0.0695. The number of anilines is 1. The van der Waals surface area contributed by atoms with Crippen molar-refractivity contribution in [2.75, 3.05) is 4.72 Å². The van der Waals surface area contributed by atoms with Gasteiger partial charge in [-0.3, -0.25) is 4.72 Å². The van der Waals surface area contributed by atoms with Crippen molar-refractivity contribution in [3.63, 3.8) is 0 Å². The van der Waals surface area contributed by atoms with Crippen molar-refractivity contribution in [3.8, 4) is 0 Å². The van der Waals surface area contributed by atoms with Crippen molar-refractivity contribution >= 4 is 37.6 Å². The van der Waals surface area contributed by atoms with Crippen LogP contribution in [-0.4, -0.2) is 19.5 Å². The normalized spacial score (nSPS) is 11.2. The van der Waals surface area contributed by atoms with Crippen molar-refractivity contribution in [2.24, 2.45) is 0 Å². The molecule has 8 heteroatoms. The van der Waals surface area contributed by atoms with E-state index in [9.17, 15) is 17.6 Å². The van der Waals surface area contributed by atoms with Gasteiger partial charge in [0.05, 0.1) is 16.1 Å². The number of rotatable bonds is 4. The molecular weight excluding hydrogens is 377 g/mol. The van der Waals surface area contributed by atoms with Crippen LogP contribution in [0.15, 0.2) is 45.8 Å². The molecule has 22 heavy (non-hydrogen) atoms. The van der Waals surface area contributed by atoms with Gasteiger partial charge in [-0.25, -0.2) is 17.6 Å². The Morgan fingerprint density at radius 3 is 2.55 bits per heavy atom. The number of aromatic carboxylic acids is 1. The summed E-state index contributed by atoms with van der Waals surface area (Å²) < 4.78 is 40.6. The fourth-order valence-electron chi connectivity index (χ4n) is 1.76. The van der Waals surface area contributed by atoms with Crippen LogP contribution in [0.5, 0.6) is 0 Å². The summed E-state index contributed by atoms with van der Waals surface area (Å²) >= 11 is 3.03. The Hall–Kier alpha value is -1.93. The second-order valence-electron chi connectivity index (χ2n) is 4.54. The molecule has 0 saturated carbocycles. The van der Waals surface area contributed by atoms with Crippen LogP contribution >= 0.6 is 15.9 Å². The van der Waals surface area contributed by atoms with Crippen molar-refractivity contribution < 1.29 is 22.7 Å². The van der Waals surface area contributed by atoms with E-state index in [-0.39, 0.29) is 20.6 Å². The Morgan fingerprint density at radius 1 is 1.23 bits per heavy atom. The minimum absolute atomic E-state index is 0.195. The summed E-state index contributed by atoms with van der Waals surface area (Å²) in [7, 11) is -4.10. The standard InChI is InChI=1S/C14H11BrFNO4S/c1-8-2-5-12(16)13(6-8)17-22(20,21)9-3-4-11(15)10(7-9)14(18)19/h2-7,17H,1H3,(H,18,19). The van der Waals surface area contributed by atoms with Crippen molar-refractivity contribution in [1.29, 1.82) is 0 Å². The lowest BCUT2D eigenvalue weighted by Crippen LogP contribution is -2.15. The largest absolute Gasteiger partial charge is 0.478 e. The van der Waals surface area contributed by atoms with Gasteiger partial charge in [-0.05, 0) is 58.7 Å². The Balaban J connectivity index is 2.45. The summed E-state index contributed by atoms with van der Waals surface area (Å²) in [5.41, 5.74) is 0.286. The maximum Gasteiger partial charge on any atom is 0.336 e. The van der Waals surface area contributed by atoms with Gasteiger partial charge >= 0.3 is 5.97 Å². The predicted octanol–water partition coefficient (Wildman–Crippen LogP) is 3.40. The number of carboxylic acids is 1. The number of carboxylic acid groups (broad SMARTS) is 1. The van der Waals surface area contributed by atoms with Gasteiger partial charge in [0.1, 0.15) is 5.82 Å². The van der Waals surface area contributed by atoms with E-state index >= 15 is 0 Å². The molecule has 116 valence electrons. The first-order valence-electron chi connectivity index (χ1n) is 6.02. The number of sulfonamides is 1. The van der Waals surface area contributed by atoms with E-state index in [4.69, 9.17) is 5.11 Å². The number of aryl methyl sites for hydroxylation is 1. The van der Waals surface area contributed by atoms with Crippen LogP contribution in [0, 0.1) is 12.7 Å². The van der Waals surface area contributed by atoms with E-state index in [0.29, 0.717) is 5.56 Å². The minimum Gasteiger partial charge on any atom is -0.478 e. The molecule has 0 spiro atoms. The Bertz CT molecular complexity index is 852. The summed E-state index contributed by atoms with van der Waals surface area (Å²) in [4.78, 5) is 10.8. The average Bonchev–Trinajstić information content (AvgIpc) is 2.42. The number of halogens is 2. The zero-order chi connectivity index (χ0) is 16.5. The van der Waals surface area contributed by atoms with Gasteiger partial charge in [0.2, 0.25) is 0 Å². The van der Waals surface area contributed by atoms with Crippen LogP contribution in [0.3, 0.4) is 0 Å². The van der Waals surface area contributed by atoms with Gasteiger partial charge in [0, 0.05) is 4.47 Å². The Labute approximate surface area is 135 Å². The summed E-state index contributed by atoms with van der Waals surface area (Å²) in [6.07, 6.45) is 0. The number of benzene rings is 2. The molecule has 0 aromatic heterocycles. The van der Waals surface area contributed by atoms with E-state index in [1.54, 1.807) is 6.92 Å². The fourth-order valence-corrected chi connectivity index (χ4v) is 3.26. The molecule has 0 aliphatic rings. The highest BCUT2D eigenvalue weighted by Crippen LogP contribution is 2.24. The molecule has 0 amide bonds. The van der Waals surface area contributed by atoms with Crippen LogP contribution in [-0.2, 0) is 10.0 Å². The Kier molecular flexibility index (Phi) is 4.52. The molecule has 0 heterocycles. The maximum atomic E-state index is 13.7. The van der Waals surface area contributed by atoms with E-state index in [0.717, 1.165) is 12.1 Å². The molecule has 0 aliphatic carbocycles. The lowest BCUT2D eigenvalue weighted by Gasteiger charge is -2.10. The first-order chi connectivity index (χ1) is 10.2. The molecule has 5 nitrogen and oxygen atoms in total. The molecule has 2 N–H and O–H groups in total. The second-order valence-corrected chi connectivity index (χ2v) is 7.07. The van der Waals surface area contributed by atoms with Crippen molar-refractivity contribution in [1.82, 2.24) is 0 Å². The van der Waals surface area contributed by atoms with Gasteiger partial charge < -0.3 is 5.11 Å². The predicted molar refractivity (Wildman–Crippen MR) is 83.0 cm³/mol. The zero-order valence-electron chi connectivity index (χ0n) is 11.3. The summed E-state index contributed by atoms with van der Waals surface area (Å²) in [5, 5.41) is 9.02. The van der Waals surface area contributed by atoms with Crippen LogP contribution in [0.2, 0.25) is 0 Å². The molecule has 0 unspecified atom stereocenters. The third kappa shape index (κ3) is 3.45. The van der Waals surface area contributed by atoms with Crippen LogP contribution < -0.4 is 4.72 Å². The van der Waals surface area contributed by atoms with Crippen LogP contribution in [0.4, 0.5) is 10.1 Å². The van der Waals surface area contributed by atoms with E-state index in [1.807, 2.05) is 0 Å². The molecule has 0 fully saturated rings. The monoisotopic (exact) mass is 387 g/mol. The number of carbonyl (C=O) groups is 1. The second kappa shape index (κ2) is 6.05. The number of hydrogen-bond acceptors (Lipinski definition) is 3. The minimum atomic E-state index is -4.10. The maximum absolute atomic E-state index is 13.7. The molecule has 0 aliphatic heterocycles. The molecule has 2 aromatic carbocycles. The third-order valence-corrected chi connectivity index (χ3v) is 4.90. The summed E-state index contributed by atoms with van der Waals surface area (Å²) in [6.45, 7) is 1.69. The molecular formula is C14H11BrFNO4S. The SMILES string of the molecule is Cc1ccc(F)c(NS(=O)(=O)c2ccc(Br)c(C(=O)O)c2)c1. The van der Waals surface area contributed by atoms with Gasteiger partial charge in [-0.15, -0.1) is 0 Å². The summed E-state index contributed by atoms with van der Waals surface area (Å²) in [5.74, 6) is -1.99. The first-order valence-corrected chi connectivity index (χ1v) is 8.30. The summed E-state index contributed by atoms with van der Waals surface area (Å²) in [6, 6.07) is 7.55. The smallest absolute Gasteiger partial charge is 0.336 e. The quantitative estimate of drug-likeness (QED) is 0.841. The topological polar surface area (TPSA) is 83.5 Å². The zero-order valence-corrected chi connectivity index (χ0v) is 13.7. The highest BCUT2D eigenvalue weighted by Gasteiger charge is 2.19. The average molecular weight is 388 g/mol. The van der Waals surface area contributed by atoms with Crippen LogP contribution in [0.1, 0.15) is 15.9 Å². The highest BCUT2D eigenvalue weighted by molar-refractivity contribution is 9.10. The van der Waals surface area contributed by atoms with E-state index < -0.39 is 21.8 Å². The molecule has 0 radical (unpaired) electrons. The molecule has 0 bridgehead atoms. The van der Waals surface area contributed by atoms with Gasteiger partial charge in [-0.2, -0.15) is 0 Å². The van der Waals surface area contributed by atoms with Crippen molar-refractivity contribution in [3.05, 3.63) is 57.8 Å². The molecule has 0 atom stereocenters. The van der Waals surface area contributed by atoms with Crippen LogP contribution in [0.25, 0.3) is 0 Å². The van der Waals surface area contributed by atoms with Gasteiger partial charge in [0.15, 0.2) is 0 Å². The van der Waals surface area contributed by atoms with E-state index in [1.165, 1.54) is 24.3 Å². The molecule has 0 saturated heterocycles. The van der Waals surface area contributed by atoms with E-state index in [2.05, 4.69) is 20.7 Å². The lowest BCUT2D eigenvalue weighted by atomic mass is 10.2. The fraction of sp³-hybridized carbons (Fsp3) is 0.0714. The molecule has 2 aromatic rings. The van der Waals surface area contributed by atoms with Crippen molar-refractivity contribution in [2.45, 2.75) is 11.8 Å². The Morgan fingerprint density at radius 2 is 1.91 bits per heavy atom.